The van der Waals surface area contributed by atoms with E-state index in [1.54, 1.807) is 7.11 Å². The Morgan fingerprint density at radius 2 is 1.94 bits per heavy atom. The average Bonchev–Trinajstić information content (AvgIpc) is 2.21. The van der Waals surface area contributed by atoms with Crippen LogP contribution in [0.4, 0.5) is 0 Å². The molecule has 0 amide bonds. The molecule has 1 rings (SSSR count). The maximum atomic E-state index is 5.99. The van der Waals surface area contributed by atoms with Gasteiger partial charge in [0.25, 0.3) is 0 Å². The van der Waals surface area contributed by atoms with Crippen LogP contribution in [-0.2, 0) is 0 Å². The lowest BCUT2D eigenvalue weighted by Crippen LogP contribution is -2.34. The van der Waals surface area contributed by atoms with Crippen molar-refractivity contribution in [2.24, 2.45) is 5.73 Å². The summed E-state index contributed by atoms with van der Waals surface area (Å²) in [5.74, 6) is 0.911. The summed E-state index contributed by atoms with van der Waals surface area (Å²) >= 11 is 0. The SMILES string of the molecule is CNC(c1c(C)cc(C)cc1OC)C(C)N. The number of nitrogens with two attached hydrogens (primary N) is 1. The number of methoxy groups -OCH3 is 1. The Morgan fingerprint density at radius 1 is 1.31 bits per heavy atom. The van der Waals surface area contributed by atoms with E-state index in [0.29, 0.717) is 0 Å². The zero-order valence-corrected chi connectivity index (χ0v) is 10.8. The van der Waals surface area contributed by atoms with Gasteiger partial charge in [-0.15, -0.1) is 0 Å². The van der Waals surface area contributed by atoms with E-state index < -0.39 is 0 Å². The van der Waals surface area contributed by atoms with Gasteiger partial charge in [0.1, 0.15) is 5.75 Å². The molecule has 0 heterocycles. The molecule has 0 saturated carbocycles. The number of likely N-dealkylation sites (N-methyl/N-ethyl adjacent to an activating group) is 1. The van der Waals surface area contributed by atoms with E-state index in [4.69, 9.17) is 10.5 Å². The predicted octanol–water partition coefficient (Wildman–Crippen LogP) is 1.92. The first-order valence-electron chi connectivity index (χ1n) is 5.59. The number of ether oxygens (including phenoxy) is 1. The minimum absolute atomic E-state index is 0.0420. The van der Waals surface area contributed by atoms with Crippen molar-refractivity contribution in [1.29, 1.82) is 0 Å². The lowest BCUT2D eigenvalue weighted by molar-refractivity contribution is 0.393. The Hall–Kier alpha value is -1.06. The molecule has 3 heteroatoms. The summed E-state index contributed by atoms with van der Waals surface area (Å²) in [5, 5.41) is 3.25. The first kappa shape index (κ1) is 13.0. The molecule has 0 aliphatic rings. The quantitative estimate of drug-likeness (QED) is 0.818. The topological polar surface area (TPSA) is 47.3 Å². The number of aryl methyl sites for hydroxylation is 2. The Morgan fingerprint density at radius 3 is 2.38 bits per heavy atom. The largest absolute Gasteiger partial charge is 0.496 e. The maximum absolute atomic E-state index is 5.99. The molecule has 2 atom stereocenters. The second-order valence-electron chi connectivity index (χ2n) is 4.32. The van der Waals surface area contributed by atoms with Gasteiger partial charge in [-0.25, -0.2) is 0 Å². The van der Waals surface area contributed by atoms with Crippen molar-refractivity contribution in [3.63, 3.8) is 0 Å². The summed E-state index contributed by atoms with van der Waals surface area (Å²) in [6.07, 6.45) is 0. The number of nitrogens with one attached hydrogen (secondary N) is 1. The highest BCUT2D eigenvalue weighted by molar-refractivity contribution is 5.45. The number of benzene rings is 1. The third-order valence-electron chi connectivity index (χ3n) is 2.86. The van der Waals surface area contributed by atoms with Crippen molar-refractivity contribution in [3.05, 3.63) is 28.8 Å². The zero-order valence-electron chi connectivity index (χ0n) is 10.8. The highest BCUT2D eigenvalue weighted by Gasteiger charge is 2.20. The Balaban J connectivity index is 3.29. The second kappa shape index (κ2) is 5.32. The fourth-order valence-corrected chi connectivity index (χ4v) is 2.18. The smallest absolute Gasteiger partial charge is 0.124 e. The molecule has 0 radical (unpaired) electrons. The first-order chi connectivity index (χ1) is 7.51. The van der Waals surface area contributed by atoms with Crippen molar-refractivity contribution in [3.8, 4) is 5.75 Å². The van der Waals surface area contributed by atoms with Gasteiger partial charge in [-0.05, 0) is 45.0 Å². The molecule has 0 aliphatic carbocycles. The van der Waals surface area contributed by atoms with Crippen LogP contribution in [0.15, 0.2) is 12.1 Å². The fraction of sp³-hybridized carbons (Fsp3) is 0.538. The van der Waals surface area contributed by atoms with Crippen LogP contribution in [0.1, 0.15) is 29.7 Å². The minimum Gasteiger partial charge on any atom is -0.496 e. The van der Waals surface area contributed by atoms with Crippen LogP contribution in [0.3, 0.4) is 0 Å². The van der Waals surface area contributed by atoms with Gasteiger partial charge in [0.05, 0.1) is 13.2 Å². The summed E-state index contributed by atoms with van der Waals surface area (Å²) in [7, 11) is 3.62. The number of hydrogen-bond acceptors (Lipinski definition) is 3. The molecular weight excluding hydrogens is 200 g/mol. The molecule has 1 aromatic carbocycles. The highest BCUT2D eigenvalue weighted by atomic mass is 16.5. The van der Waals surface area contributed by atoms with Gasteiger partial charge >= 0.3 is 0 Å². The summed E-state index contributed by atoms with van der Waals surface area (Å²) in [6, 6.07) is 4.37. The standard InChI is InChI=1S/C13H22N2O/c1-8-6-9(2)12(11(7-8)16-5)13(15-4)10(3)14/h6-7,10,13,15H,14H2,1-5H3. The van der Waals surface area contributed by atoms with Crippen molar-refractivity contribution in [2.75, 3.05) is 14.2 Å². The zero-order chi connectivity index (χ0) is 12.3. The lowest BCUT2D eigenvalue weighted by atomic mass is 9.94. The van der Waals surface area contributed by atoms with Gasteiger partial charge < -0.3 is 15.8 Å². The third kappa shape index (κ3) is 2.54. The molecule has 0 aliphatic heterocycles. The minimum atomic E-state index is 0.0420. The molecule has 0 aromatic heterocycles. The average molecular weight is 222 g/mol. The molecule has 0 bridgehead atoms. The molecular formula is C13H22N2O. The molecule has 3 N–H and O–H groups in total. The van der Waals surface area contributed by atoms with E-state index in [0.717, 1.165) is 11.3 Å². The van der Waals surface area contributed by atoms with E-state index >= 15 is 0 Å². The normalized spacial score (nSPS) is 14.6. The summed E-state index contributed by atoms with van der Waals surface area (Å²) < 4.78 is 5.44. The first-order valence-corrected chi connectivity index (χ1v) is 5.59. The van der Waals surface area contributed by atoms with Crippen LogP contribution in [0.5, 0.6) is 5.75 Å². The van der Waals surface area contributed by atoms with Gasteiger partial charge in [0.15, 0.2) is 0 Å². The van der Waals surface area contributed by atoms with E-state index in [1.807, 2.05) is 14.0 Å². The molecule has 90 valence electrons. The van der Waals surface area contributed by atoms with Gasteiger partial charge in [-0.2, -0.15) is 0 Å². The molecule has 1 aromatic rings. The van der Waals surface area contributed by atoms with E-state index in [-0.39, 0.29) is 12.1 Å². The van der Waals surface area contributed by atoms with Crippen LogP contribution in [0.25, 0.3) is 0 Å². The molecule has 0 saturated heterocycles. The Bertz CT molecular complexity index is 361. The summed E-state index contributed by atoms with van der Waals surface area (Å²) in [5.41, 5.74) is 9.57. The van der Waals surface area contributed by atoms with Crippen molar-refractivity contribution in [2.45, 2.75) is 32.9 Å². The van der Waals surface area contributed by atoms with Crippen LogP contribution in [0, 0.1) is 13.8 Å². The summed E-state index contributed by atoms with van der Waals surface area (Å²) in [4.78, 5) is 0. The van der Waals surface area contributed by atoms with Crippen LogP contribution in [-0.4, -0.2) is 20.2 Å². The van der Waals surface area contributed by atoms with Crippen molar-refractivity contribution >= 4 is 0 Å². The Labute approximate surface area is 98.0 Å². The highest BCUT2D eigenvalue weighted by Crippen LogP contribution is 2.31. The predicted molar refractivity (Wildman–Crippen MR) is 67.9 cm³/mol. The van der Waals surface area contributed by atoms with E-state index in [9.17, 15) is 0 Å². The molecule has 3 nitrogen and oxygen atoms in total. The number of hydrogen-bond donors (Lipinski definition) is 2. The molecule has 2 unspecified atom stereocenters. The molecule has 16 heavy (non-hydrogen) atoms. The van der Waals surface area contributed by atoms with Gasteiger partial charge in [-0.3, -0.25) is 0 Å². The van der Waals surface area contributed by atoms with Crippen LogP contribution < -0.4 is 15.8 Å². The van der Waals surface area contributed by atoms with Gasteiger partial charge in [-0.1, -0.05) is 6.07 Å². The number of rotatable bonds is 4. The molecule has 0 fully saturated rings. The van der Waals surface area contributed by atoms with Gasteiger partial charge in [0.2, 0.25) is 0 Å². The van der Waals surface area contributed by atoms with E-state index in [1.165, 1.54) is 11.1 Å². The monoisotopic (exact) mass is 222 g/mol. The Kier molecular flexibility index (Phi) is 4.33. The van der Waals surface area contributed by atoms with E-state index in [2.05, 4.69) is 31.3 Å². The van der Waals surface area contributed by atoms with Crippen molar-refractivity contribution in [1.82, 2.24) is 5.32 Å². The van der Waals surface area contributed by atoms with Crippen molar-refractivity contribution < 1.29 is 4.74 Å². The fourth-order valence-electron chi connectivity index (χ4n) is 2.18. The molecule has 0 spiro atoms. The lowest BCUT2D eigenvalue weighted by Gasteiger charge is -2.25. The second-order valence-corrected chi connectivity index (χ2v) is 4.32. The maximum Gasteiger partial charge on any atom is 0.124 e. The summed E-state index contributed by atoms with van der Waals surface area (Å²) in [6.45, 7) is 6.16. The third-order valence-corrected chi connectivity index (χ3v) is 2.86. The van der Waals surface area contributed by atoms with Crippen LogP contribution in [0.2, 0.25) is 0 Å². The van der Waals surface area contributed by atoms with Gasteiger partial charge in [0, 0.05) is 11.6 Å². The van der Waals surface area contributed by atoms with Crippen LogP contribution >= 0.6 is 0 Å².